The van der Waals surface area contributed by atoms with Crippen LogP contribution in [0.3, 0.4) is 0 Å². The third-order valence-electron chi connectivity index (χ3n) is 2.89. The second-order valence-electron chi connectivity index (χ2n) is 5.54. The van der Waals surface area contributed by atoms with E-state index in [1.54, 1.807) is 18.2 Å². The van der Waals surface area contributed by atoms with E-state index in [1.165, 1.54) is 0 Å². The third kappa shape index (κ3) is 4.19. The molecule has 7 heteroatoms. The number of carboxylic acid groups (broad SMARTS) is 1. The standard InChI is InChI=1S/C14H14Cl2N2O3/c1-14(2,7-12(19)20)6-11-17-18-13(21-11)9-5-8(15)3-4-10(9)16/h3-5H,6-7H2,1-2H3,(H,19,20). The molecule has 0 radical (unpaired) electrons. The Balaban J connectivity index is 2.22. The number of halogens is 2. The number of nitrogens with zero attached hydrogens (tertiary/aromatic N) is 2. The molecule has 0 unspecified atom stereocenters. The molecular formula is C14H14Cl2N2O3. The normalized spacial score (nSPS) is 11.6. The van der Waals surface area contributed by atoms with Gasteiger partial charge in [-0.25, -0.2) is 0 Å². The molecule has 1 N–H and O–H groups in total. The van der Waals surface area contributed by atoms with Crippen molar-refractivity contribution in [1.29, 1.82) is 0 Å². The SMILES string of the molecule is CC(C)(CC(=O)O)Cc1nnc(-c2cc(Cl)ccc2Cl)o1. The molecule has 0 aliphatic carbocycles. The van der Waals surface area contributed by atoms with Gasteiger partial charge in [0.15, 0.2) is 0 Å². The fourth-order valence-electron chi connectivity index (χ4n) is 1.98. The molecule has 0 bridgehead atoms. The zero-order chi connectivity index (χ0) is 15.6. The fraction of sp³-hybridized carbons (Fsp3) is 0.357. The Morgan fingerprint density at radius 3 is 2.71 bits per heavy atom. The van der Waals surface area contributed by atoms with Crippen molar-refractivity contribution in [2.24, 2.45) is 5.41 Å². The lowest BCUT2D eigenvalue weighted by Gasteiger charge is -2.19. The summed E-state index contributed by atoms with van der Waals surface area (Å²) in [6.07, 6.45) is 0.382. The first-order valence-electron chi connectivity index (χ1n) is 6.26. The average Bonchev–Trinajstić information content (AvgIpc) is 2.78. The lowest BCUT2D eigenvalue weighted by Crippen LogP contribution is -2.19. The fourth-order valence-corrected chi connectivity index (χ4v) is 2.35. The van der Waals surface area contributed by atoms with E-state index in [4.69, 9.17) is 32.7 Å². The maximum absolute atomic E-state index is 10.8. The van der Waals surface area contributed by atoms with E-state index in [1.807, 2.05) is 13.8 Å². The maximum Gasteiger partial charge on any atom is 0.303 e. The lowest BCUT2D eigenvalue weighted by atomic mass is 9.86. The van der Waals surface area contributed by atoms with Crippen LogP contribution >= 0.6 is 23.2 Å². The second kappa shape index (κ2) is 6.03. The van der Waals surface area contributed by atoms with Crippen LogP contribution in [0.2, 0.25) is 10.0 Å². The minimum absolute atomic E-state index is 0.0165. The van der Waals surface area contributed by atoms with Gasteiger partial charge in [0, 0.05) is 11.4 Å². The van der Waals surface area contributed by atoms with Gasteiger partial charge in [-0.05, 0) is 23.6 Å². The molecular weight excluding hydrogens is 315 g/mol. The highest BCUT2D eigenvalue weighted by Crippen LogP contribution is 2.31. The van der Waals surface area contributed by atoms with Crippen LogP contribution in [0, 0.1) is 5.41 Å². The smallest absolute Gasteiger partial charge is 0.303 e. The Labute approximate surface area is 131 Å². The summed E-state index contributed by atoms with van der Waals surface area (Å²) in [6, 6.07) is 4.96. The first kappa shape index (κ1) is 15.8. The number of carboxylic acids is 1. The monoisotopic (exact) mass is 328 g/mol. The molecule has 1 heterocycles. The average molecular weight is 329 g/mol. The van der Waals surface area contributed by atoms with Crippen molar-refractivity contribution < 1.29 is 14.3 Å². The minimum atomic E-state index is -0.863. The van der Waals surface area contributed by atoms with Gasteiger partial charge in [-0.1, -0.05) is 37.0 Å². The molecule has 5 nitrogen and oxygen atoms in total. The maximum atomic E-state index is 10.8. The summed E-state index contributed by atoms with van der Waals surface area (Å²) in [5.41, 5.74) is 0.0762. The van der Waals surface area contributed by atoms with Crippen LogP contribution in [0.1, 0.15) is 26.2 Å². The number of rotatable bonds is 5. The number of hydrogen-bond acceptors (Lipinski definition) is 4. The van der Waals surface area contributed by atoms with Crippen LogP contribution in [0.25, 0.3) is 11.5 Å². The van der Waals surface area contributed by atoms with Crippen molar-refractivity contribution >= 4 is 29.2 Å². The van der Waals surface area contributed by atoms with Crippen molar-refractivity contribution in [1.82, 2.24) is 10.2 Å². The summed E-state index contributed by atoms with van der Waals surface area (Å²) < 4.78 is 5.56. The van der Waals surface area contributed by atoms with E-state index in [-0.39, 0.29) is 12.3 Å². The van der Waals surface area contributed by atoms with Crippen LogP contribution in [0.4, 0.5) is 0 Å². The molecule has 0 atom stereocenters. The summed E-state index contributed by atoms with van der Waals surface area (Å²) in [5, 5.41) is 17.7. The van der Waals surface area contributed by atoms with Gasteiger partial charge in [-0.15, -0.1) is 10.2 Å². The van der Waals surface area contributed by atoms with Gasteiger partial charge in [-0.2, -0.15) is 0 Å². The van der Waals surface area contributed by atoms with Gasteiger partial charge < -0.3 is 9.52 Å². The molecule has 21 heavy (non-hydrogen) atoms. The third-order valence-corrected chi connectivity index (χ3v) is 3.45. The Morgan fingerprint density at radius 1 is 1.33 bits per heavy atom. The van der Waals surface area contributed by atoms with E-state index in [0.717, 1.165) is 0 Å². The summed E-state index contributed by atoms with van der Waals surface area (Å²) in [5.74, 6) is -0.228. The topological polar surface area (TPSA) is 76.2 Å². The Kier molecular flexibility index (Phi) is 4.54. The molecule has 2 aromatic rings. The van der Waals surface area contributed by atoms with Crippen molar-refractivity contribution in [2.45, 2.75) is 26.7 Å². The van der Waals surface area contributed by atoms with Gasteiger partial charge in [0.2, 0.25) is 11.8 Å². The van der Waals surface area contributed by atoms with E-state index in [0.29, 0.717) is 27.9 Å². The molecule has 0 saturated carbocycles. The summed E-state index contributed by atoms with van der Waals surface area (Å²) in [7, 11) is 0. The van der Waals surface area contributed by atoms with Crippen molar-refractivity contribution in [3.63, 3.8) is 0 Å². The van der Waals surface area contributed by atoms with Crippen molar-refractivity contribution in [3.05, 3.63) is 34.1 Å². The molecule has 0 fully saturated rings. The van der Waals surface area contributed by atoms with Gasteiger partial charge in [0.05, 0.1) is 17.0 Å². The minimum Gasteiger partial charge on any atom is -0.481 e. The highest BCUT2D eigenvalue weighted by Gasteiger charge is 2.25. The lowest BCUT2D eigenvalue weighted by molar-refractivity contribution is -0.139. The van der Waals surface area contributed by atoms with Crippen LogP contribution in [-0.2, 0) is 11.2 Å². The molecule has 1 aromatic carbocycles. The quantitative estimate of drug-likeness (QED) is 0.894. The predicted molar refractivity (Wildman–Crippen MR) is 79.5 cm³/mol. The zero-order valence-corrected chi connectivity index (χ0v) is 13.1. The number of carbonyl (C=O) groups is 1. The van der Waals surface area contributed by atoms with E-state index < -0.39 is 11.4 Å². The molecule has 1 aromatic heterocycles. The van der Waals surface area contributed by atoms with Gasteiger partial charge in [0.1, 0.15) is 0 Å². The summed E-state index contributed by atoms with van der Waals surface area (Å²) >= 11 is 12.0. The van der Waals surface area contributed by atoms with Gasteiger partial charge >= 0.3 is 5.97 Å². The Bertz CT molecular complexity index is 668. The van der Waals surface area contributed by atoms with Crippen molar-refractivity contribution in [3.8, 4) is 11.5 Å². The Morgan fingerprint density at radius 2 is 2.05 bits per heavy atom. The van der Waals surface area contributed by atoms with Crippen LogP contribution in [0.5, 0.6) is 0 Å². The van der Waals surface area contributed by atoms with E-state index >= 15 is 0 Å². The molecule has 0 aliphatic rings. The van der Waals surface area contributed by atoms with E-state index in [2.05, 4.69) is 10.2 Å². The predicted octanol–water partition coefficient (Wildman–Crippen LogP) is 4.09. The summed E-state index contributed by atoms with van der Waals surface area (Å²) in [6.45, 7) is 3.66. The van der Waals surface area contributed by atoms with Crippen LogP contribution < -0.4 is 0 Å². The largest absolute Gasteiger partial charge is 0.481 e. The second-order valence-corrected chi connectivity index (χ2v) is 6.38. The van der Waals surface area contributed by atoms with Crippen molar-refractivity contribution in [2.75, 3.05) is 0 Å². The molecule has 0 spiro atoms. The first-order chi connectivity index (χ1) is 9.77. The molecule has 2 rings (SSSR count). The summed E-state index contributed by atoms with van der Waals surface area (Å²) in [4.78, 5) is 10.8. The molecule has 0 aliphatic heterocycles. The van der Waals surface area contributed by atoms with Crippen LogP contribution in [-0.4, -0.2) is 21.3 Å². The highest BCUT2D eigenvalue weighted by atomic mass is 35.5. The molecule has 0 amide bonds. The zero-order valence-electron chi connectivity index (χ0n) is 11.6. The number of benzene rings is 1. The van der Waals surface area contributed by atoms with E-state index in [9.17, 15) is 4.79 Å². The highest BCUT2D eigenvalue weighted by molar-refractivity contribution is 6.35. The Hall–Kier alpha value is -1.59. The first-order valence-corrected chi connectivity index (χ1v) is 7.02. The number of aliphatic carboxylic acids is 1. The molecule has 0 saturated heterocycles. The molecule has 112 valence electrons. The van der Waals surface area contributed by atoms with Crippen LogP contribution in [0.15, 0.2) is 22.6 Å². The van der Waals surface area contributed by atoms with Gasteiger partial charge in [0.25, 0.3) is 0 Å². The number of hydrogen-bond donors (Lipinski definition) is 1. The number of aromatic nitrogens is 2. The van der Waals surface area contributed by atoms with Gasteiger partial charge in [-0.3, -0.25) is 4.79 Å².